The zero-order valence-electron chi connectivity index (χ0n) is 14.2. The molecular formula is C17H16N2O6S2. The van der Waals surface area contributed by atoms with Crippen LogP contribution in [0, 0.1) is 0 Å². The highest BCUT2D eigenvalue weighted by molar-refractivity contribution is 8.00. The second kappa shape index (κ2) is 7.97. The van der Waals surface area contributed by atoms with Crippen LogP contribution < -0.4 is 5.32 Å². The zero-order valence-corrected chi connectivity index (χ0v) is 15.8. The first kappa shape index (κ1) is 19.2. The number of nitrogens with one attached hydrogen (secondary N) is 1. The molecular weight excluding hydrogens is 392 g/mol. The van der Waals surface area contributed by atoms with E-state index in [1.165, 1.54) is 41.0 Å². The third-order valence-corrected chi connectivity index (χ3v) is 6.11. The maximum atomic E-state index is 12.5. The zero-order chi connectivity index (χ0) is 19.6. The van der Waals surface area contributed by atoms with E-state index in [2.05, 4.69) is 10.1 Å². The molecule has 2 atom stereocenters. The molecule has 2 N–H and O–H groups in total. The number of amides is 2. The van der Waals surface area contributed by atoms with Gasteiger partial charge in [0.25, 0.3) is 5.91 Å². The molecule has 2 unspecified atom stereocenters. The molecule has 8 nitrogen and oxygen atoms in total. The minimum absolute atomic E-state index is 0.157. The van der Waals surface area contributed by atoms with Crippen molar-refractivity contribution >= 4 is 46.9 Å². The number of carbonyl (C=O) groups excluding carboxylic acids is 3. The lowest BCUT2D eigenvalue weighted by Crippen LogP contribution is -2.70. The van der Waals surface area contributed by atoms with Crippen molar-refractivity contribution in [2.75, 3.05) is 5.75 Å². The number of carboxylic acid groups (broad SMARTS) is 1. The Morgan fingerprint density at radius 3 is 2.85 bits per heavy atom. The number of hydrogen-bond donors (Lipinski definition) is 2. The Bertz CT molecular complexity index is 846. The molecule has 1 aromatic heterocycles. The van der Waals surface area contributed by atoms with Gasteiger partial charge in [-0.25, -0.2) is 4.79 Å². The average Bonchev–Trinajstić information content (AvgIpc) is 3.11. The SMILES string of the molecule is CC(=O)O/C=C/C1=C(C(=O)O)N2C(=O)C(NC(=O)Cc3cccs3)C2SC1. The van der Waals surface area contributed by atoms with Gasteiger partial charge in [0.2, 0.25) is 5.91 Å². The third-order valence-electron chi connectivity index (χ3n) is 3.93. The van der Waals surface area contributed by atoms with Crippen LogP contribution >= 0.6 is 23.1 Å². The number of thioether (sulfide) groups is 1. The van der Waals surface area contributed by atoms with Gasteiger partial charge in [-0.05, 0) is 23.1 Å². The topological polar surface area (TPSA) is 113 Å². The number of β-lactam (4-membered cyclic amide) rings is 1. The van der Waals surface area contributed by atoms with Gasteiger partial charge in [-0.3, -0.25) is 19.3 Å². The molecule has 2 amide bonds. The van der Waals surface area contributed by atoms with E-state index in [-0.39, 0.29) is 18.0 Å². The van der Waals surface area contributed by atoms with Crippen LogP contribution in [0.2, 0.25) is 0 Å². The summed E-state index contributed by atoms with van der Waals surface area (Å²) in [4.78, 5) is 49.1. The van der Waals surface area contributed by atoms with Crippen LogP contribution in [0.3, 0.4) is 0 Å². The minimum Gasteiger partial charge on any atom is -0.477 e. The third kappa shape index (κ3) is 4.06. The number of ether oxygens (including phenoxy) is 1. The molecule has 0 aliphatic carbocycles. The molecule has 0 saturated carbocycles. The molecule has 0 spiro atoms. The molecule has 27 heavy (non-hydrogen) atoms. The van der Waals surface area contributed by atoms with Crippen molar-refractivity contribution in [3.63, 3.8) is 0 Å². The van der Waals surface area contributed by atoms with Gasteiger partial charge in [0.15, 0.2) is 0 Å². The first-order chi connectivity index (χ1) is 12.9. The minimum atomic E-state index is -1.25. The van der Waals surface area contributed by atoms with Crippen molar-refractivity contribution < 1.29 is 29.0 Å². The molecule has 0 bridgehead atoms. The Kier molecular flexibility index (Phi) is 5.66. The summed E-state index contributed by atoms with van der Waals surface area (Å²) < 4.78 is 4.69. The molecule has 0 radical (unpaired) electrons. The van der Waals surface area contributed by atoms with Crippen LogP contribution in [0.15, 0.2) is 41.1 Å². The van der Waals surface area contributed by atoms with Gasteiger partial charge in [0, 0.05) is 17.6 Å². The number of allylic oxidation sites excluding steroid dienone is 1. The van der Waals surface area contributed by atoms with E-state index in [1.54, 1.807) is 0 Å². The normalized spacial score (nSPS) is 21.7. The Hall–Kier alpha value is -2.59. The molecule has 2 aliphatic heterocycles. The van der Waals surface area contributed by atoms with Crippen LogP contribution in [-0.4, -0.2) is 50.9 Å². The number of fused-ring (bicyclic) bond motifs is 1. The highest BCUT2D eigenvalue weighted by atomic mass is 32.2. The van der Waals surface area contributed by atoms with Crippen LogP contribution in [0.1, 0.15) is 11.8 Å². The highest BCUT2D eigenvalue weighted by Crippen LogP contribution is 2.40. The monoisotopic (exact) mass is 408 g/mol. The predicted octanol–water partition coefficient (Wildman–Crippen LogP) is 1.11. The molecule has 1 aromatic rings. The van der Waals surface area contributed by atoms with E-state index < -0.39 is 29.3 Å². The number of aliphatic carboxylic acids is 1. The number of carbonyl (C=O) groups is 4. The molecule has 1 fully saturated rings. The summed E-state index contributed by atoms with van der Waals surface area (Å²) in [5, 5.41) is 13.6. The summed E-state index contributed by atoms with van der Waals surface area (Å²) in [6.45, 7) is 1.23. The smallest absolute Gasteiger partial charge is 0.352 e. The van der Waals surface area contributed by atoms with Crippen molar-refractivity contribution in [2.24, 2.45) is 0 Å². The van der Waals surface area contributed by atoms with Gasteiger partial charge in [-0.15, -0.1) is 23.1 Å². The molecule has 2 aliphatic rings. The van der Waals surface area contributed by atoms with Crippen LogP contribution in [0.5, 0.6) is 0 Å². The molecule has 3 rings (SSSR count). The second-order valence-corrected chi connectivity index (χ2v) is 7.94. The van der Waals surface area contributed by atoms with Gasteiger partial charge < -0.3 is 15.2 Å². The van der Waals surface area contributed by atoms with Gasteiger partial charge in [-0.1, -0.05) is 6.07 Å². The van der Waals surface area contributed by atoms with E-state index in [1.807, 2.05) is 17.5 Å². The number of carboxylic acids is 1. The predicted molar refractivity (Wildman–Crippen MR) is 98.6 cm³/mol. The lowest BCUT2D eigenvalue weighted by Gasteiger charge is -2.49. The summed E-state index contributed by atoms with van der Waals surface area (Å²) in [7, 11) is 0. The number of esters is 1. The van der Waals surface area contributed by atoms with E-state index in [0.29, 0.717) is 11.3 Å². The summed E-state index contributed by atoms with van der Waals surface area (Å²) in [6, 6.07) is 2.92. The number of rotatable bonds is 6. The Labute approximate surface area is 162 Å². The Morgan fingerprint density at radius 2 is 2.22 bits per heavy atom. The summed E-state index contributed by atoms with van der Waals surface area (Å²) in [5.74, 6) is -2.22. The van der Waals surface area contributed by atoms with Crippen molar-refractivity contribution in [1.82, 2.24) is 10.2 Å². The fourth-order valence-corrected chi connectivity index (χ4v) is 4.80. The number of nitrogens with zero attached hydrogens (tertiary/aromatic N) is 1. The van der Waals surface area contributed by atoms with E-state index in [9.17, 15) is 24.3 Å². The van der Waals surface area contributed by atoms with Gasteiger partial charge in [0.05, 0.1) is 12.7 Å². The number of hydrogen-bond acceptors (Lipinski definition) is 7. The highest BCUT2D eigenvalue weighted by Gasteiger charge is 2.53. The van der Waals surface area contributed by atoms with E-state index >= 15 is 0 Å². The average molecular weight is 408 g/mol. The van der Waals surface area contributed by atoms with Gasteiger partial charge in [0.1, 0.15) is 17.1 Å². The van der Waals surface area contributed by atoms with E-state index in [0.717, 1.165) is 11.1 Å². The van der Waals surface area contributed by atoms with Crippen LogP contribution in [0.4, 0.5) is 0 Å². The first-order valence-electron chi connectivity index (χ1n) is 7.95. The second-order valence-electron chi connectivity index (χ2n) is 5.80. The maximum Gasteiger partial charge on any atom is 0.352 e. The molecule has 10 heteroatoms. The van der Waals surface area contributed by atoms with Crippen LogP contribution in [0.25, 0.3) is 0 Å². The molecule has 0 aromatic carbocycles. The quantitative estimate of drug-likeness (QED) is 0.412. The van der Waals surface area contributed by atoms with Crippen LogP contribution in [-0.2, 0) is 30.3 Å². The lowest BCUT2D eigenvalue weighted by atomic mass is 10.0. The first-order valence-corrected chi connectivity index (χ1v) is 9.88. The van der Waals surface area contributed by atoms with Crippen molar-refractivity contribution in [2.45, 2.75) is 24.8 Å². The maximum absolute atomic E-state index is 12.5. The molecule has 3 heterocycles. The number of thiophene rings is 1. The molecule has 142 valence electrons. The standard InChI is InChI=1S/C17H16N2O6S2/c1-9(20)25-5-4-10-8-27-16-13(15(22)19(16)14(10)17(23)24)18-12(21)7-11-3-2-6-26-11/h2-6,13,16H,7-8H2,1H3,(H,18,21)(H,23,24)/b5-4+. The van der Waals surface area contributed by atoms with Gasteiger partial charge >= 0.3 is 11.9 Å². The fraction of sp³-hybridized carbons (Fsp3) is 0.294. The van der Waals surface area contributed by atoms with Crippen molar-refractivity contribution in [1.29, 1.82) is 0 Å². The van der Waals surface area contributed by atoms with E-state index in [4.69, 9.17) is 0 Å². The van der Waals surface area contributed by atoms with Crippen molar-refractivity contribution in [3.8, 4) is 0 Å². The lowest BCUT2D eigenvalue weighted by molar-refractivity contribution is -0.150. The fourth-order valence-electron chi connectivity index (χ4n) is 2.78. The molecule has 1 saturated heterocycles. The van der Waals surface area contributed by atoms with Crippen molar-refractivity contribution in [3.05, 3.63) is 46.0 Å². The summed E-state index contributed by atoms with van der Waals surface area (Å²) in [6.07, 6.45) is 2.65. The van der Waals surface area contributed by atoms with Gasteiger partial charge in [-0.2, -0.15) is 0 Å². The largest absolute Gasteiger partial charge is 0.477 e. The summed E-state index contributed by atoms with van der Waals surface area (Å²) >= 11 is 2.79. The summed E-state index contributed by atoms with van der Waals surface area (Å²) in [5.41, 5.74) is 0.206. The Balaban J connectivity index is 1.71. The Morgan fingerprint density at radius 1 is 1.44 bits per heavy atom.